The van der Waals surface area contributed by atoms with Crippen LogP contribution < -0.4 is 10.6 Å². The van der Waals surface area contributed by atoms with Crippen molar-refractivity contribution < 1.29 is 19.5 Å². The van der Waals surface area contributed by atoms with Crippen molar-refractivity contribution in [2.75, 3.05) is 10.6 Å². The first-order valence-corrected chi connectivity index (χ1v) is 8.83. The molecule has 0 saturated heterocycles. The second-order valence-electron chi connectivity index (χ2n) is 6.16. The van der Waals surface area contributed by atoms with E-state index in [2.05, 4.69) is 31.3 Å². The third-order valence-electron chi connectivity index (χ3n) is 4.03. The van der Waals surface area contributed by atoms with Gasteiger partial charge in [-0.15, -0.1) is 10.2 Å². The molecule has 0 spiro atoms. The van der Waals surface area contributed by atoms with E-state index in [1.165, 1.54) is 30.5 Å². The minimum Gasteiger partial charge on any atom is -0.478 e. The number of aromatic carboxylic acids is 1. The number of aromatic nitrogens is 4. The molecule has 1 amide bonds. The van der Waals surface area contributed by atoms with E-state index in [9.17, 15) is 14.4 Å². The summed E-state index contributed by atoms with van der Waals surface area (Å²) in [6.07, 6.45) is 1.04. The number of nitrogens with zero attached hydrogens (tertiary/aromatic N) is 4. The van der Waals surface area contributed by atoms with E-state index in [-0.39, 0.29) is 29.2 Å². The number of hydrogen-bond donors (Lipinski definition) is 4. The molecule has 2 aromatic carbocycles. The summed E-state index contributed by atoms with van der Waals surface area (Å²) in [4.78, 5) is 35.3. The molecule has 0 saturated carbocycles. The molecular formula is C20H15N7O4. The molecule has 3 rings (SSSR count). The molecule has 31 heavy (non-hydrogen) atoms. The lowest BCUT2D eigenvalue weighted by Crippen LogP contribution is -2.16. The highest BCUT2D eigenvalue weighted by Gasteiger charge is 2.13. The third-order valence-corrected chi connectivity index (χ3v) is 4.03. The first-order chi connectivity index (χ1) is 15.0. The van der Waals surface area contributed by atoms with Crippen LogP contribution in [0.3, 0.4) is 0 Å². The van der Waals surface area contributed by atoms with Gasteiger partial charge in [0.2, 0.25) is 11.7 Å². The van der Waals surface area contributed by atoms with Gasteiger partial charge < -0.3 is 15.7 Å². The van der Waals surface area contributed by atoms with Crippen molar-refractivity contribution in [1.82, 2.24) is 20.6 Å². The predicted octanol–water partition coefficient (Wildman–Crippen LogP) is 2.09. The maximum absolute atomic E-state index is 12.3. The van der Waals surface area contributed by atoms with Gasteiger partial charge in [-0.05, 0) is 53.7 Å². The van der Waals surface area contributed by atoms with Gasteiger partial charge in [-0.2, -0.15) is 10.5 Å². The van der Waals surface area contributed by atoms with Crippen LogP contribution >= 0.6 is 0 Å². The summed E-state index contributed by atoms with van der Waals surface area (Å²) >= 11 is 0. The van der Waals surface area contributed by atoms with E-state index < -0.39 is 11.9 Å². The summed E-state index contributed by atoms with van der Waals surface area (Å²) in [6.45, 7) is 0. The Morgan fingerprint density at radius 1 is 1.03 bits per heavy atom. The van der Waals surface area contributed by atoms with Crippen LogP contribution in [0.25, 0.3) is 5.57 Å². The van der Waals surface area contributed by atoms with Crippen LogP contribution in [0.1, 0.15) is 33.0 Å². The Morgan fingerprint density at radius 3 is 2.26 bits per heavy atom. The van der Waals surface area contributed by atoms with Gasteiger partial charge in [0.25, 0.3) is 0 Å². The maximum Gasteiger partial charge on any atom is 0.335 e. The number of tetrazole rings is 1. The Balaban J connectivity index is 1.56. The van der Waals surface area contributed by atoms with Gasteiger partial charge in [0.1, 0.15) is 11.6 Å². The number of hydrogen-bond acceptors (Lipinski definition) is 8. The van der Waals surface area contributed by atoms with Crippen LogP contribution in [0, 0.1) is 11.3 Å². The number of ketones is 1. The molecule has 0 aliphatic rings. The van der Waals surface area contributed by atoms with Crippen molar-refractivity contribution in [2.45, 2.75) is 6.42 Å². The molecule has 3 aromatic rings. The van der Waals surface area contributed by atoms with Crippen LogP contribution in [0.5, 0.6) is 0 Å². The van der Waals surface area contributed by atoms with E-state index in [1.54, 1.807) is 24.3 Å². The number of anilines is 2. The summed E-state index contributed by atoms with van der Waals surface area (Å²) in [5, 5.41) is 36.5. The number of rotatable bonds is 8. The number of carbonyl (C=O) groups is 3. The fraction of sp³-hybridized carbons (Fsp3) is 0.0500. The van der Waals surface area contributed by atoms with Crippen molar-refractivity contribution in [3.05, 3.63) is 71.7 Å². The van der Waals surface area contributed by atoms with E-state index >= 15 is 0 Å². The van der Waals surface area contributed by atoms with Gasteiger partial charge in [-0.1, -0.05) is 0 Å². The molecule has 0 unspecified atom stereocenters. The fourth-order valence-corrected chi connectivity index (χ4v) is 2.48. The number of allylic oxidation sites excluding steroid dienone is 1. The summed E-state index contributed by atoms with van der Waals surface area (Å²) < 4.78 is 0. The Hall–Kier alpha value is -4.85. The predicted molar refractivity (Wildman–Crippen MR) is 109 cm³/mol. The minimum atomic E-state index is -1.07. The second-order valence-corrected chi connectivity index (χ2v) is 6.16. The number of carbonyl (C=O) groups excluding carboxylic acids is 2. The summed E-state index contributed by atoms with van der Waals surface area (Å²) in [7, 11) is 0. The van der Waals surface area contributed by atoms with E-state index in [0.717, 1.165) is 0 Å². The fourth-order valence-electron chi connectivity index (χ4n) is 2.48. The zero-order valence-corrected chi connectivity index (χ0v) is 15.9. The lowest BCUT2D eigenvalue weighted by atomic mass is 10.1. The monoisotopic (exact) mass is 417 g/mol. The first kappa shape index (κ1) is 20.9. The molecule has 0 bridgehead atoms. The van der Waals surface area contributed by atoms with Gasteiger partial charge >= 0.3 is 5.97 Å². The van der Waals surface area contributed by atoms with Crippen LogP contribution in [0.4, 0.5) is 11.4 Å². The topological polar surface area (TPSA) is 174 Å². The average Bonchev–Trinajstić information content (AvgIpc) is 3.29. The largest absolute Gasteiger partial charge is 0.478 e. The zero-order chi connectivity index (χ0) is 22.2. The molecule has 0 aliphatic heterocycles. The number of nitrogens with one attached hydrogen (secondary N) is 3. The number of carboxylic acids is 1. The number of amides is 1. The third kappa shape index (κ3) is 5.58. The van der Waals surface area contributed by atoms with E-state index in [0.29, 0.717) is 16.9 Å². The van der Waals surface area contributed by atoms with Crippen molar-refractivity contribution in [1.29, 1.82) is 5.26 Å². The zero-order valence-electron chi connectivity index (χ0n) is 15.9. The van der Waals surface area contributed by atoms with Crippen LogP contribution in [0.15, 0.2) is 54.7 Å². The number of benzene rings is 2. The average molecular weight is 417 g/mol. The maximum atomic E-state index is 12.3. The van der Waals surface area contributed by atoms with E-state index in [1.807, 2.05) is 6.07 Å². The molecule has 11 nitrogen and oxygen atoms in total. The van der Waals surface area contributed by atoms with E-state index in [4.69, 9.17) is 10.4 Å². The van der Waals surface area contributed by atoms with Crippen molar-refractivity contribution in [2.24, 2.45) is 0 Å². The summed E-state index contributed by atoms with van der Waals surface area (Å²) in [5.74, 6) is -1.83. The molecule has 154 valence electrons. The number of carboxylic acid groups (broad SMARTS) is 1. The highest BCUT2D eigenvalue weighted by Crippen LogP contribution is 2.15. The van der Waals surface area contributed by atoms with Crippen molar-refractivity contribution in [3.63, 3.8) is 0 Å². The lowest BCUT2D eigenvalue weighted by molar-refractivity contribution is -0.115. The Morgan fingerprint density at radius 2 is 1.68 bits per heavy atom. The number of Topliss-reactive ketones (excluding diaryl/α,β-unsaturated/α-hetero) is 1. The van der Waals surface area contributed by atoms with Gasteiger partial charge in [0.05, 0.1) is 12.0 Å². The van der Waals surface area contributed by atoms with Crippen LogP contribution in [0.2, 0.25) is 0 Å². The molecule has 0 radical (unpaired) electrons. The van der Waals surface area contributed by atoms with Crippen LogP contribution in [-0.2, 0) is 4.79 Å². The Labute approximate surface area is 175 Å². The Bertz CT molecular complexity index is 1160. The molecule has 0 atom stereocenters. The quantitative estimate of drug-likeness (QED) is 0.243. The number of nitriles is 1. The Kier molecular flexibility index (Phi) is 6.44. The summed E-state index contributed by atoms with van der Waals surface area (Å²) in [5.41, 5.74) is 1.60. The van der Waals surface area contributed by atoms with Crippen molar-refractivity contribution >= 4 is 34.6 Å². The summed E-state index contributed by atoms with van der Waals surface area (Å²) in [6, 6.07) is 13.9. The van der Waals surface area contributed by atoms with Gasteiger partial charge in [-0.25, -0.2) is 4.79 Å². The normalized spacial score (nSPS) is 10.7. The molecule has 1 heterocycles. The molecule has 11 heteroatoms. The second kappa shape index (κ2) is 9.57. The van der Waals surface area contributed by atoms with Gasteiger partial charge in [0, 0.05) is 23.1 Å². The number of aromatic amines is 1. The smallest absolute Gasteiger partial charge is 0.335 e. The SMILES string of the molecule is N#CC(=CNc1ccc(C(=O)CC(=O)Nc2ccc(C(=O)O)cc2)cc1)c1nn[nH]n1. The highest BCUT2D eigenvalue weighted by atomic mass is 16.4. The molecule has 0 aliphatic carbocycles. The van der Waals surface area contributed by atoms with Crippen LogP contribution in [-0.4, -0.2) is 43.4 Å². The first-order valence-electron chi connectivity index (χ1n) is 8.83. The number of H-pyrrole nitrogens is 1. The van der Waals surface area contributed by atoms with Gasteiger partial charge in [-0.3, -0.25) is 9.59 Å². The lowest BCUT2D eigenvalue weighted by Gasteiger charge is -2.06. The molecular weight excluding hydrogens is 402 g/mol. The minimum absolute atomic E-state index is 0.0943. The molecule has 0 fully saturated rings. The van der Waals surface area contributed by atoms with Gasteiger partial charge in [0.15, 0.2) is 5.78 Å². The standard InChI is InChI=1S/C20H15N7O4/c21-10-14(19-24-26-27-25-19)11-22-15-5-1-12(2-6-15)17(28)9-18(29)23-16-7-3-13(4-8-16)20(30)31/h1-8,11,22H,9H2,(H,23,29)(H,30,31)(H,24,25,26,27). The molecule has 1 aromatic heterocycles. The molecule has 4 N–H and O–H groups in total. The highest BCUT2D eigenvalue weighted by molar-refractivity contribution is 6.11. The van der Waals surface area contributed by atoms with Crippen molar-refractivity contribution in [3.8, 4) is 6.07 Å².